The molecule has 1 aliphatic heterocycles. The van der Waals surface area contributed by atoms with Crippen LogP contribution in [0, 0.1) is 5.92 Å². The van der Waals surface area contributed by atoms with Crippen LogP contribution in [0.2, 0.25) is 0 Å². The third-order valence-corrected chi connectivity index (χ3v) is 1.64. The van der Waals surface area contributed by atoms with E-state index in [2.05, 4.69) is 5.32 Å². The Morgan fingerprint density at radius 2 is 2.11 bits per heavy atom. The lowest BCUT2D eigenvalue weighted by molar-refractivity contribution is 0.248. The minimum atomic E-state index is 0. The van der Waals surface area contributed by atoms with Crippen LogP contribution in [-0.2, 0) is 0 Å². The van der Waals surface area contributed by atoms with Crippen molar-refractivity contribution in [1.82, 2.24) is 5.32 Å². The summed E-state index contributed by atoms with van der Waals surface area (Å²) in [6, 6.07) is 0. The van der Waals surface area contributed by atoms with Gasteiger partial charge in [-0.15, -0.1) is 12.4 Å². The van der Waals surface area contributed by atoms with E-state index >= 15 is 0 Å². The third kappa shape index (κ3) is 3.04. The average molecular weight is 152 g/mol. The molecule has 2 N–H and O–H groups in total. The Kier molecular flexibility index (Phi) is 5.15. The number of aliphatic hydroxyl groups is 1. The number of halogens is 1. The van der Waals surface area contributed by atoms with Crippen LogP contribution < -0.4 is 5.32 Å². The molecule has 2 nitrogen and oxygen atoms in total. The van der Waals surface area contributed by atoms with Crippen LogP contribution in [-0.4, -0.2) is 24.8 Å². The summed E-state index contributed by atoms with van der Waals surface area (Å²) in [4.78, 5) is 0. The second kappa shape index (κ2) is 5.03. The van der Waals surface area contributed by atoms with Crippen LogP contribution in [0.15, 0.2) is 0 Å². The molecular formula is C6H14ClNO. The van der Waals surface area contributed by atoms with E-state index in [1.165, 1.54) is 19.5 Å². The van der Waals surface area contributed by atoms with Crippen LogP contribution in [0.3, 0.4) is 0 Å². The van der Waals surface area contributed by atoms with Crippen molar-refractivity contribution in [3.8, 4) is 0 Å². The van der Waals surface area contributed by atoms with E-state index in [1.807, 2.05) is 0 Å². The highest BCUT2D eigenvalue weighted by molar-refractivity contribution is 5.85. The summed E-state index contributed by atoms with van der Waals surface area (Å²) in [5.41, 5.74) is 0. The lowest BCUT2D eigenvalue weighted by Crippen LogP contribution is -2.41. The predicted octanol–water partition coefficient (Wildman–Crippen LogP) is 0.400. The maximum Gasteiger partial charge on any atom is 0.0431 e. The Bertz CT molecular complexity index is 66.1. The van der Waals surface area contributed by atoms with Gasteiger partial charge in [0.1, 0.15) is 0 Å². The van der Waals surface area contributed by atoms with E-state index in [0.717, 1.165) is 12.3 Å². The third-order valence-electron chi connectivity index (χ3n) is 1.64. The molecule has 56 valence electrons. The number of nitrogens with one attached hydrogen (secondary N) is 1. The minimum Gasteiger partial charge on any atom is -0.396 e. The zero-order valence-electron chi connectivity index (χ0n) is 5.47. The van der Waals surface area contributed by atoms with E-state index in [0.29, 0.717) is 6.61 Å². The number of rotatable bonds is 3. The lowest BCUT2D eigenvalue weighted by atomic mass is 9.98. The van der Waals surface area contributed by atoms with Crippen molar-refractivity contribution < 1.29 is 5.11 Å². The molecule has 0 saturated carbocycles. The van der Waals surface area contributed by atoms with Crippen LogP contribution in [0.25, 0.3) is 0 Å². The lowest BCUT2D eigenvalue weighted by Gasteiger charge is -2.26. The second-order valence-corrected chi connectivity index (χ2v) is 2.39. The first-order valence-electron chi connectivity index (χ1n) is 3.25. The number of aliphatic hydroxyl groups excluding tert-OH is 1. The topological polar surface area (TPSA) is 32.3 Å². The van der Waals surface area contributed by atoms with Gasteiger partial charge in [0.15, 0.2) is 0 Å². The predicted molar refractivity (Wildman–Crippen MR) is 39.9 cm³/mol. The zero-order valence-corrected chi connectivity index (χ0v) is 6.28. The first kappa shape index (κ1) is 9.21. The fraction of sp³-hybridized carbons (Fsp3) is 1.00. The maximum atomic E-state index is 8.41. The van der Waals surface area contributed by atoms with Gasteiger partial charge >= 0.3 is 0 Å². The standard InChI is InChI=1S/C6H13NO.ClH/c8-3-1-2-6-4-7-5-6;/h6-8H,1-5H2;1H. The summed E-state index contributed by atoms with van der Waals surface area (Å²) in [6.45, 7) is 2.69. The Morgan fingerprint density at radius 1 is 1.44 bits per heavy atom. The highest BCUT2D eigenvalue weighted by Crippen LogP contribution is 2.09. The molecule has 0 atom stereocenters. The van der Waals surface area contributed by atoms with E-state index < -0.39 is 0 Å². The summed E-state index contributed by atoms with van der Waals surface area (Å²) in [5, 5.41) is 11.6. The molecule has 1 fully saturated rings. The van der Waals surface area contributed by atoms with Crippen LogP contribution >= 0.6 is 12.4 Å². The van der Waals surface area contributed by atoms with E-state index in [-0.39, 0.29) is 12.4 Å². The molecular weight excluding hydrogens is 138 g/mol. The smallest absolute Gasteiger partial charge is 0.0431 e. The van der Waals surface area contributed by atoms with Crippen LogP contribution in [0.5, 0.6) is 0 Å². The van der Waals surface area contributed by atoms with Crippen molar-refractivity contribution in [1.29, 1.82) is 0 Å². The van der Waals surface area contributed by atoms with E-state index in [9.17, 15) is 0 Å². The zero-order chi connectivity index (χ0) is 5.82. The van der Waals surface area contributed by atoms with Gasteiger partial charge in [0.05, 0.1) is 0 Å². The molecule has 0 aromatic heterocycles. The van der Waals surface area contributed by atoms with E-state index in [4.69, 9.17) is 5.11 Å². The number of hydrogen-bond acceptors (Lipinski definition) is 2. The maximum absolute atomic E-state index is 8.41. The van der Waals surface area contributed by atoms with Gasteiger partial charge in [-0.05, 0) is 31.8 Å². The first-order valence-corrected chi connectivity index (χ1v) is 3.25. The Morgan fingerprint density at radius 3 is 2.44 bits per heavy atom. The Hall–Kier alpha value is 0.210. The van der Waals surface area contributed by atoms with Gasteiger partial charge in [0, 0.05) is 6.61 Å². The van der Waals surface area contributed by atoms with Crippen molar-refractivity contribution in [2.24, 2.45) is 5.92 Å². The first-order chi connectivity index (χ1) is 3.93. The SMILES string of the molecule is Cl.OCCCC1CNC1. The van der Waals surface area contributed by atoms with Gasteiger partial charge in [-0.3, -0.25) is 0 Å². The fourth-order valence-electron chi connectivity index (χ4n) is 0.933. The molecule has 0 radical (unpaired) electrons. The molecule has 1 saturated heterocycles. The molecule has 0 aliphatic carbocycles. The number of hydrogen-bond donors (Lipinski definition) is 2. The molecule has 1 aliphatic rings. The van der Waals surface area contributed by atoms with Gasteiger partial charge in [-0.1, -0.05) is 0 Å². The van der Waals surface area contributed by atoms with Gasteiger partial charge < -0.3 is 10.4 Å². The highest BCUT2D eigenvalue weighted by Gasteiger charge is 2.14. The van der Waals surface area contributed by atoms with Crippen molar-refractivity contribution in [2.45, 2.75) is 12.8 Å². The molecule has 0 aromatic carbocycles. The molecule has 3 heteroatoms. The fourth-order valence-corrected chi connectivity index (χ4v) is 0.933. The Labute approximate surface area is 62.1 Å². The average Bonchev–Trinajstić information content (AvgIpc) is 1.63. The van der Waals surface area contributed by atoms with Crippen LogP contribution in [0.4, 0.5) is 0 Å². The quantitative estimate of drug-likeness (QED) is 0.612. The summed E-state index contributed by atoms with van der Waals surface area (Å²) in [7, 11) is 0. The normalized spacial score (nSPS) is 18.3. The Balaban J connectivity index is 0.000000640. The largest absolute Gasteiger partial charge is 0.396 e. The molecule has 0 unspecified atom stereocenters. The molecule has 1 rings (SSSR count). The summed E-state index contributed by atoms with van der Waals surface area (Å²) in [5.74, 6) is 0.863. The van der Waals surface area contributed by atoms with E-state index in [1.54, 1.807) is 0 Å². The second-order valence-electron chi connectivity index (χ2n) is 2.39. The van der Waals surface area contributed by atoms with Gasteiger partial charge in [-0.25, -0.2) is 0 Å². The van der Waals surface area contributed by atoms with Crippen LogP contribution in [0.1, 0.15) is 12.8 Å². The van der Waals surface area contributed by atoms with Gasteiger partial charge in [0.25, 0.3) is 0 Å². The van der Waals surface area contributed by atoms with Crippen molar-refractivity contribution in [2.75, 3.05) is 19.7 Å². The van der Waals surface area contributed by atoms with Gasteiger partial charge in [-0.2, -0.15) is 0 Å². The molecule has 0 bridgehead atoms. The summed E-state index contributed by atoms with van der Waals surface area (Å²) < 4.78 is 0. The molecule has 9 heavy (non-hydrogen) atoms. The van der Waals surface area contributed by atoms with Crippen molar-refractivity contribution in [3.05, 3.63) is 0 Å². The summed E-state index contributed by atoms with van der Waals surface area (Å²) in [6.07, 6.45) is 2.18. The molecule has 0 spiro atoms. The van der Waals surface area contributed by atoms with Crippen molar-refractivity contribution >= 4 is 12.4 Å². The molecule has 0 aromatic rings. The minimum absolute atomic E-state index is 0. The molecule has 1 heterocycles. The highest BCUT2D eigenvalue weighted by atomic mass is 35.5. The van der Waals surface area contributed by atoms with Crippen molar-refractivity contribution in [3.63, 3.8) is 0 Å². The monoisotopic (exact) mass is 151 g/mol. The molecule has 0 amide bonds. The van der Waals surface area contributed by atoms with Gasteiger partial charge in [0.2, 0.25) is 0 Å². The summed E-state index contributed by atoms with van der Waals surface area (Å²) >= 11 is 0.